The van der Waals surface area contributed by atoms with Gasteiger partial charge in [-0.1, -0.05) is 38.5 Å². The lowest BCUT2D eigenvalue weighted by molar-refractivity contribution is -0.119. The zero-order valence-electron chi connectivity index (χ0n) is 13.2. The van der Waals surface area contributed by atoms with Crippen LogP contribution < -0.4 is 15.5 Å². The Hall–Kier alpha value is -1.55. The van der Waals surface area contributed by atoms with Gasteiger partial charge in [-0.25, -0.2) is 0 Å². The molecule has 1 aliphatic rings. The molecule has 1 atom stereocenters. The molecular weight excluding hydrogens is 262 g/mol. The summed E-state index contributed by atoms with van der Waals surface area (Å²) in [7, 11) is 0. The van der Waals surface area contributed by atoms with E-state index in [0.717, 1.165) is 38.9 Å². The Balaban J connectivity index is 2.01. The predicted molar refractivity (Wildman–Crippen MR) is 87.6 cm³/mol. The van der Waals surface area contributed by atoms with Crippen LogP contribution in [0.1, 0.15) is 44.7 Å². The summed E-state index contributed by atoms with van der Waals surface area (Å²) in [6, 6.07) is 8.83. The molecule has 0 aliphatic carbocycles. The monoisotopic (exact) mass is 289 g/mol. The fourth-order valence-corrected chi connectivity index (χ4v) is 2.89. The molecule has 0 saturated heterocycles. The quantitative estimate of drug-likeness (QED) is 0.758. The van der Waals surface area contributed by atoms with Crippen molar-refractivity contribution in [2.24, 2.45) is 0 Å². The maximum Gasteiger partial charge on any atom is 0.239 e. The predicted octanol–water partition coefficient (Wildman–Crippen LogP) is 2.46. The van der Waals surface area contributed by atoms with Crippen molar-refractivity contribution in [1.82, 2.24) is 10.6 Å². The van der Waals surface area contributed by atoms with Gasteiger partial charge < -0.3 is 15.5 Å². The van der Waals surface area contributed by atoms with Crippen LogP contribution in [0.15, 0.2) is 24.3 Å². The molecule has 4 heteroatoms. The third-order valence-electron chi connectivity index (χ3n) is 3.98. The summed E-state index contributed by atoms with van der Waals surface area (Å²) in [5.74, 6) is 0.125. The Morgan fingerprint density at radius 2 is 2.14 bits per heavy atom. The molecule has 0 fully saturated rings. The highest BCUT2D eigenvalue weighted by atomic mass is 16.2. The van der Waals surface area contributed by atoms with Gasteiger partial charge in [0.25, 0.3) is 0 Å². The van der Waals surface area contributed by atoms with Crippen molar-refractivity contribution in [1.29, 1.82) is 0 Å². The van der Waals surface area contributed by atoms with Gasteiger partial charge in [-0.3, -0.25) is 4.79 Å². The summed E-state index contributed by atoms with van der Waals surface area (Å²) in [5.41, 5.74) is 2.51. The van der Waals surface area contributed by atoms with E-state index in [4.69, 9.17) is 0 Å². The number of carbonyl (C=O) groups excluding carboxylic acids is 1. The van der Waals surface area contributed by atoms with Crippen LogP contribution in [0, 0.1) is 0 Å². The topological polar surface area (TPSA) is 44.4 Å². The molecular formula is C17H27N3O. The largest absolute Gasteiger partial charge is 0.362 e. The summed E-state index contributed by atoms with van der Waals surface area (Å²) in [4.78, 5) is 14.2. The number of carbonyl (C=O) groups is 1. The number of rotatable bonds is 7. The molecule has 4 nitrogen and oxygen atoms in total. The third-order valence-corrected chi connectivity index (χ3v) is 3.98. The van der Waals surface area contributed by atoms with Gasteiger partial charge in [-0.15, -0.1) is 0 Å². The molecule has 116 valence electrons. The van der Waals surface area contributed by atoms with Crippen LogP contribution in [0.25, 0.3) is 0 Å². The van der Waals surface area contributed by atoms with Crippen molar-refractivity contribution in [2.45, 2.75) is 39.2 Å². The smallest absolute Gasteiger partial charge is 0.239 e. The Morgan fingerprint density at radius 1 is 1.33 bits per heavy atom. The van der Waals surface area contributed by atoms with Gasteiger partial charge in [0, 0.05) is 24.8 Å². The van der Waals surface area contributed by atoms with Gasteiger partial charge in [-0.2, -0.15) is 0 Å². The normalized spacial score (nSPS) is 17.4. The molecule has 1 aromatic carbocycles. The van der Waals surface area contributed by atoms with Crippen molar-refractivity contribution in [3.8, 4) is 0 Å². The van der Waals surface area contributed by atoms with Crippen LogP contribution >= 0.6 is 0 Å². The molecule has 0 saturated carbocycles. The first-order chi connectivity index (χ1) is 10.3. The van der Waals surface area contributed by atoms with Crippen LogP contribution in [0.2, 0.25) is 0 Å². The first-order valence-corrected chi connectivity index (χ1v) is 8.10. The molecule has 1 unspecified atom stereocenters. The van der Waals surface area contributed by atoms with E-state index in [1.807, 2.05) is 0 Å². The lowest BCUT2D eigenvalue weighted by atomic mass is 9.96. The standard InChI is InChI=1S/C17H27N3O/c1-3-5-11-19-17(21)13-20-12-10-15(18-4-2)14-8-6-7-9-16(14)20/h6-9,15,18H,3-5,10-13H2,1-2H3,(H,19,21). The highest BCUT2D eigenvalue weighted by Gasteiger charge is 2.25. The summed E-state index contributed by atoms with van der Waals surface area (Å²) in [6.45, 7) is 7.40. The lowest BCUT2D eigenvalue weighted by Gasteiger charge is -2.35. The van der Waals surface area contributed by atoms with Gasteiger partial charge in [0.05, 0.1) is 6.54 Å². The van der Waals surface area contributed by atoms with Crippen LogP contribution in [-0.2, 0) is 4.79 Å². The SMILES string of the molecule is CCCCNC(=O)CN1CCC(NCC)c2ccccc21. The number of hydrogen-bond donors (Lipinski definition) is 2. The Labute approximate surface area is 127 Å². The van der Waals surface area contributed by atoms with E-state index in [-0.39, 0.29) is 5.91 Å². The minimum absolute atomic E-state index is 0.125. The first-order valence-electron chi connectivity index (χ1n) is 8.10. The average Bonchev–Trinajstić information content (AvgIpc) is 2.50. The molecule has 21 heavy (non-hydrogen) atoms. The van der Waals surface area contributed by atoms with Gasteiger partial charge in [-0.05, 0) is 31.0 Å². The molecule has 0 bridgehead atoms. The maximum absolute atomic E-state index is 12.0. The van der Waals surface area contributed by atoms with Crippen molar-refractivity contribution >= 4 is 11.6 Å². The van der Waals surface area contributed by atoms with Crippen molar-refractivity contribution in [3.63, 3.8) is 0 Å². The van der Waals surface area contributed by atoms with Gasteiger partial charge in [0.1, 0.15) is 0 Å². The van der Waals surface area contributed by atoms with E-state index in [2.05, 4.69) is 53.6 Å². The molecule has 0 radical (unpaired) electrons. The number of amides is 1. The first kappa shape index (κ1) is 15.8. The van der Waals surface area contributed by atoms with E-state index in [9.17, 15) is 4.79 Å². The number of hydrogen-bond acceptors (Lipinski definition) is 3. The molecule has 0 spiro atoms. The third kappa shape index (κ3) is 4.21. The van der Waals surface area contributed by atoms with Gasteiger partial charge >= 0.3 is 0 Å². The van der Waals surface area contributed by atoms with Crippen molar-refractivity contribution < 1.29 is 4.79 Å². The summed E-state index contributed by atoms with van der Waals surface area (Å²) in [5, 5.41) is 6.53. The number of nitrogens with one attached hydrogen (secondary N) is 2. The van der Waals surface area contributed by atoms with E-state index in [0.29, 0.717) is 12.6 Å². The summed E-state index contributed by atoms with van der Waals surface area (Å²) in [6.07, 6.45) is 3.20. The number of para-hydroxylation sites is 1. The number of unbranched alkanes of at least 4 members (excludes halogenated alkanes) is 1. The van der Waals surface area contributed by atoms with Crippen LogP contribution in [0.3, 0.4) is 0 Å². The number of nitrogens with zero attached hydrogens (tertiary/aromatic N) is 1. The highest BCUT2D eigenvalue weighted by molar-refractivity contribution is 5.82. The second kappa shape index (κ2) is 8.03. The van der Waals surface area contributed by atoms with E-state index >= 15 is 0 Å². The van der Waals surface area contributed by atoms with E-state index < -0.39 is 0 Å². The molecule has 2 rings (SSSR count). The molecule has 1 aliphatic heterocycles. The van der Waals surface area contributed by atoms with E-state index in [1.54, 1.807) is 0 Å². The van der Waals surface area contributed by atoms with Crippen LogP contribution in [0.4, 0.5) is 5.69 Å². The molecule has 1 amide bonds. The minimum Gasteiger partial charge on any atom is -0.362 e. The van der Waals surface area contributed by atoms with Crippen molar-refractivity contribution in [3.05, 3.63) is 29.8 Å². The summed E-state index contributed by atoms with van der Waals surface area (Å²) >= 11 is 0. The maximum atomic E-state index is 12.0. The molecule has 1 heterocycles. The molecule has 1 aromatic rings. The number of anilines is 1. The molecule has 2 N–H and O–H groups in total. The highest BCUT2D eigenvalue weighted by Crippen LogP contribution is 2.33. The fourth-order valence-electron chi connectivity index (χ4n) is 2.89. The second-order valence-corrected chi connectivity index (χ2v) is 5.58. The Kier molecular flexibility index (Phi) is 6.05. The average molecular weight is 289 g/mol. The lowest BCUT2D eigenvalue weighted by Crippen LogP contribution is -2.42. The Morgan fingerprint density at radius 3 is 2.90 bits per heavy atom. The van der Waals surface area contributed by atoms with Crippen LogP contribution in [-0.4, -0.2) is 32.1 Å². The van der Waals surface area contributed by atoms with E-state index in [1.165, 1.54) is 11.3 Å². The fraction of sp³-hybridized carbons (Fsp3) is 0.588. The van der Waals surface area contributed by atoms with Gasteiger partial charge in [0.2, 0.25) is 5.91 Å². The zero-order chi connectivity index (χ0) is 15.1. The zero-order valence-corrected chi connectivity index (χ0v) is 13.2. The number of fused-ring (bicyclic) bond motifs is 1. The second-order valence-electron chi connectivity index (χ2n) is 5.58. The molecule has 0 aromatic heterocycles. The minimum atomic E-state index is 0.125. The van der Waals surface area contributed by atoms with Gasteiger partial charge in [0.15, 0.2) is 0 Å². The van der Waals surface area contributed by atoms with Crippen molar-refractivity contribution in [2.75, 3.05) is 31.1 Å². The number of benzene rings is 1. The van der Waals surface area contributed by atoms with Crippen LogP contribution in [0.5, 0.6) is 0 Å². The Bertz CT molecular complexity index is 461. The summed E-state index contributed by atoms with van der Waals surface area (Å²) < 4.78 is 0.